The van der Waals surface area contributed by atoms with Crippen LogP contribution in [-0.2, 0) is 20.1 Å². The lowest BCUT2D eigenvalue weighted by molar-refractivity contribution is 0.164. The predicted molar refractivity (Wildman–Crippen MR) is 90.7 cm³/mol. The second kappa shape index (κ2) is 7.09. The first kappa shape index (κ1) is 16.6. The SMILES string of the molecule is Cc1cncn(CC2CCN(Cc3ccc(=O)n(C)n3)CC2)c1=O. The third-order valence-electron chi connectivity index (χ3n) is 4.64. The summed E-state index contributed by atoms with van der Waals surface area (Å²) in [5.41, 5.74) is 1.57. The van der Waals surface area contributed by atoms with Gasteiger partial charge in [-0.2, -0.15) is 5.10 Å². The number of aryl methyl sites for hydroxylation is 2. The Labute approximate surface area is 140 Å². The maximum atomic E-state index is 12.1. The maximum absolute atomic E-state index is 12.1. The molecule has 0 bridgehead atoms. The number of piperidine rings is 1. The van der Waals surface area contributed by atoms with Crippen LogP contribution in [0.25, 0.3) is 0 Å². The molecule has 128 valence electrons. The van der Waals surface area contributed by atoms with E-state index < -0.39 is 0 Å². The van der Waals surface area contributed by atoms with Crippen LogP contribution in [0.4, 0.5) is 0 Å². The van der Waals surface area contributed by atoms with E-state index in [2.05, 4.69) is 15.0 Å². The molecule has 3 rings (SSSR count). The first-order valence-electron chi connectivity index (χ1n) is 8.29. The van der Waals surface area contributed by atoms with Crippen molar-refractivity contribution in [3.8, 4) is 0 Å². The van der Waals surface area contributed by atoms with E-state index in [1.54, 1.807) is 43.2 Å². The van der Waals surface area contributed by atoms with Crippen molar-refractivity contribution in [1.82, 2.24) is 24.2 Å². The highest BCUT2D eigenvalue weighted by atomic mass is 16.1. The van der Waals surface area contributed by atoms with Crippen molar-refractivity contribution in [2.24, 2.45) is 13.0 Å². The van der Waals surface area contributed by atoms with Gasteiger partial charge in [0, 0.05) is 38.0 Å². The molecule has 1 aliphatic rings. The van der Waals surface area contributed by atoms with Crippen LogP contribution in [0.15, 0.2) is 34.2 Å². The fourth-order valence-electron chi connectivity index (χ4n) is 3.16. The standard InChI is InChI=1S/C17H23N5O2/c1-13-9-18-12-22(17(13)24)10-14-5-7-21(8-6-14)11-15-3-4-16(23)20(2)19-15/h3-4,9,12,14H,5-8,10-11H2,1-2H3. The highest BCUT2D eigenvalue weighted by molar-refractivity contribution is 5.01. The fraction of sp³-hybridized carbons (Fsp3) is 0.529. The molecule has 0 unspecified atom stereocenters. The quantitative estimate of drug-likeness (QED) is 0.819. The molecule has 2 aromatic heterocycles. The Hall–Kier alpha value is -2.28. The van der Waals surface area contributed by atoms with Crippen LogP contribution in [0.3, 0.4) is 0 Å². The molecule has 0 N–H and O–H groups in total. The molecule has 0 radical (unpaired) electrons. The third-order valence-corrected chi connectivity index (χ3v) is 4.64. The number of likely N-dealkylation sites (tertiary alicyclic amines) is 1. The Morgan fingerprint density at radius 2 is 1.96 bits per heavy atom. The monoisotopic (exact) mass is 329 g/mol. The molecule has 7 nitrogen and oxygen atoms in total. The predicted octanol–water partition coefficient (Wildman–Crippen LogP) is 0.558. The largest absolute Gasteiger partial charge is 0.299 e. The van der Waals surface area contributed by atoms with E-state index in [-0.39, 0.29) is 11.1 Å². The molecule has 0 spiro atoms. The van der Waals surface area contributed by atoms with Crippen molar-refractivity contribution in [3.05, 3.63) is 56.6 Å². The van der Waals surface area contributed by atoms with Gasteiger partial charge in [-0.15, -0.1) is 0 Å². The Bertz CT molecular complexity index is 818. The summed E-state index contributed by atoms with van der Waals surface area (Å²) in [7, 11) is 1.67. The average Bonchev–Trinajstić information content (AvgIpc) is 2.57. The highest BCUT2D eigenvalue weighted by Gasteiger charge is 2.20. The summed E-state index contributed by atoms with van der Waals surface area (Å²) in [4.78, 5) is 29.9. The van der Waals surface area contributed by atoms with Crippen LogP contribution in [0.5, 0.6) is 0 Å². The molecule has 7 heteroatoms. The van der Waals surface area contributed by atoms with Gasteiger partial charge in [0.25, 0.3) is 11.1 Å². The second-order valence-electron chi connectivity index (χ2n) is 6.54. The first-order valence-corrected chi connectivity index (χ1v) is 8.29. The molecule has 0 aromatic carbocycles. The van der Waals surface area contributed by atoms with E-state index >= 15 is 0 Å². The molecule has 1 fully saturated rings. The number of hydrogen-bond acceptors (Lipinski definition) is 5. The van der Waals surface area contributed by atoms with Crippen LogP contribution >= 0.6 is 0 Å². The summed E-state index contributed by atoms with van der Waals surface area (Å²) in [6.45, 7) is 5.24. The van der Waals surface area contributed by atoms with Gasteiger partial charge in [0.1, 0.15) is 0 Å². The van der Waals surface area contributed by atoms with E-state index in [0.717, 1.165) is 44.7 Å². The van der Waals surface area contributed by atoms with Crippen molar-refractivity contribution in [3.63, 3.8) is 0 Å². The molecule has 3 heterocycles. The van der Waals surface area contributed by atoms with Gasteiger partial charge in [0.15, 0.2) is 0 Å². The first-order chi connectivity index (χ1) is 11.5. The Balaban J connectivity index is 1.55. The van der Waals surface area contributed by atoms with Gasteiger partial charge in [-0.25, -0.2) is 9.67 Å². The Morgan fingerprint density at radius 3 is 2.67 bits per heavy atom. The number of hydrogen-bond donors (Lipinski definition) is 0. The Morgan fingerprint density at radius 1 is 1.21 bits per heavy atom. The van der Waals surface area contributed by atoms with Crippen molar-refractivity contribution in [1.29, 1.82) is 0 Å². The lowest BCUT2D eigenvalue weighted by atomic mass is 9.96. The molecular formula is C17H23N5O2. The molecule has 1 aliphatic heterocycles. The van der Waals surface area contributed by atoms with Crippen LogP contribution in [0.2, 0.25) is 0 Å². The number of aromatic nitrogens is 4. The summed E-state index contributed by atoms with van der Waals surface area (Å²) >= 11 is 0. The molecular weight excluding hydrogens is 306 g/mol. The van der Waals surface area contributed by atoms with Gasteiger partial charge in [0.05, 0.1) is 12.0 Å². The van der Waals surface area contributed by atoms with Gasteiger partial charge in [-0.05, 0) is 44.8 Å². The van der Waals surface area contributed by atoms with Crippen LogP contribution in [0.1, 0.15) is 24.1 Å². The van der Waals surface area contributed by atoms with Crippen LogP contribution < -0.4 is 11.1 Å². The zero-order chi connectivity index (χ0) is 17.1. The molecule has 0 saturated carbocycles. The molecule has 1 saturated heterocycles. The smallest absolute Gasteiger partial charge is 0.266 e. The summed E-state index contributed by atoms with van der Waals surface area (Å²) in [5.74, 6) is 0.496. The van der Waals surface area contributed by atoms with Gasteiger partial charge < -0.3 is 0 Å². The van der Waals surface area contributed by atoms with Crippen LogP contribution in [0, 0.1) is 12.8 Å². The van der Waals surface area contributed by atoms with Gasteiger partial charge in [-0.3, -0.25) is 19.1 Å². The molecule has 0 amide bonds. The Kier molecular flexibility index (Phi) is 4.89. The molecule has 24 heavy (non-hydrogen) atoms. The summed E-state index contributed by atoms with van der Waals surface area (Å²) in [5, 5.41) is 4.28. The van der Waals surface area contributed by atoms with E-state index in [1.165, 1.54) is 4.68 Å². The third kappa shape index (κ3) is 3.79. The second-order valence-corrected chi connectivity index (χ2v) is 6.54. The fourth-order valence-corrected chi connectivity index (χ4v) is 3.16. The number of nitrogens with zero attached hydrogens (tertiary/aromatic N) is 5. The maximum Gasteiger partial charge on any atom is 0.266 e. The lowest BCUT2D eigenvalue weighted by Crippen LogP contribution is -2.36. The molecule has 0 atom stereocenters. The van der Waals surface area contributed by atoms with Gasteiger partial charge in [-0.1, -0.05) is 0 Å². The minimum atomic E-state index is -0.0883. The number of rotatable bonds is 4. The minimum Gasteiger partial charge on any atom is -0.299 e. The van der Waals surface area contributed by atoms with E-state index in [4.69, 9.17) is 0 Å². The van der Waals surface area contributed by atoms with Crippen molar-refractivity contribution >= 4 is 0 Å². The normalized spacial score (nSPS) is 16.4. The van der Waals surface area contributed by atoms with E-state index in [0.29, 0.717) is 11.5 Å². The van der Waals surface area contributed by atoms with Crippen molar-refractivity contribution in [2.45, 2.75) is 32.9 Å². The molecule has 0 aliphatic carbocycles. The summed E-state index contributed by atoms with van der Waals surface area (Å²) < 4.78 is 3.10. The van der Waals surface area contributed by atoms with Crippen LogP contribution in [-0.4, -0.2) is 37.3 Å². The van der Waals surface area contributed by atoms with Gasteiger partial charge in [0.2, 0.25) is 0 Å². The van der Waals surface area contributed by atoms with E-state index in [9.17, 15) is 9.59 Å². The average molecular weight is 329 g/mol. The van der Waals surface area contributed by atoms with Crippen molar-refractivity contribution in [2.75, 3.05) is 13.1 Å². The highest BCUT2D eigenvalue weighted by Crippen LogP contribution is 2.19. The van der Waals surface area contributed by atoms with Gasteiger partial charge >= 0.3 is 0 Å². The summed E-state index contributed by atoms with van der Waals surface area (Å²) in [6, 6.07) is 3.36. The zero-order valence-electron chi connectivity index (χ0n) is 14.2. The summed E-state index contributed by atoms with van der Waals surface area (Å²) in [6.07, 6.45) is 5.34. The lowest BCUT2D eigenvalue weighted by Gasteiger charge is -2.31. The topological polar surface area (TPSA) is 73.0 Å². The zero-order valence-corrected chi connectivity index (χ0v) is 14.2. The van der Waals surface area contributed by atoms with Crippen molar-refractivity contribution < 1.29 is 0 Å². The molecule has 2 aromatic rings. The minimum absolute atomic E-state index is 0.0573. The van der Waals surface area contributed by atoms with E-state index in [1.807, 2.05) is 0 Å².